The zero-order valence-electron chi connectivity index (χ0n) is 19.3. The van der Waals surface area contributed by atoms with Gasteiger partial charge in [-0.3, -0.25) is 19.3 Å². The maximum atomic E-state index is 12.8. The summed E-state index contributed by atoms with van der Waals surface area (Å²) in [7, 11) is 1.67. The largest absolute Gasteiger partial charge is 0.339 e. The van der Waals surface area contributed by atoms with Gasteiger partial charge in [0.15, 0.2) is 0 Å². The SMILES string of the molecule is CN(CC(=O)N1CCN(Cc2ccccc2)CC1)C(=O)c1ccc(CN2CCCC2=O)cc1. The van der Waals surface area contributed by atoms with Crippen LogP contribution in [0.25, 0.3) is 0 Å². The molecule has 0 aromatic heterocycles. The first-order valence-electron chi connectivity index (χ1n) is 11.7. The molecule has 2 aliphatic heterocycles. The number of carbonyl (C=O) groups is 3. The van der Waals surface area contributed by atoms with Crippen molar-refractivity contribution < 1.29 is 14.4 Å². The molecule has 2 fully saturated rings. The van der Waals surface area contributed by atoms with Gasteiger partial charge in [0.2, 0.25) is 11.8 Å². The van der Waals surface area contributed by atoms with Crippen LogP contribution in [-0.2, 0) is 22.7 Å². The van der Waals surface area contributed by atoms with E-state index in [9.17, 15) is 14.4 Å². The number of benzene rings is 2. The van der Waals surface area contributed by atoms with E-state index in [2.05, 4.69) is 17.0 Å². The van der Waals surface area contributed by atoms with E-state index in [0.29, 0.717) is 31.6 Å². The van der Waals surface area contributed by atoms with E-state index in [4.69, 9.17) is 0 Å². The van der Waals surface area contributed by atoms with Crippen molar-refractivity contribution in [3.8, 4) is 0 Å². The molecule has 2 aromatic rings. The van der Waals surface area contributed by atoms with Gasteiger partial charge in [0.1, 0.15) is 0 Å². The number of carbonyl (C=O) groups excluding carboxylic acids is 3. The summed E-state index contributed by atoms with van der Waals surface area (Å²) in [6, 6.07) is 17.7. The molecule has 33 heavy (non-hydrogen) atoms. The Morgan fingerprint density at radius 1 is 0.848 bits per heavy atom. The Morgan fingerprint density at radius 3 is 2.15 bits per heavy atom. The molecule has 2 aliphatic rings. The Balaban J connectivity index is 1.24. The van der Waals surface area contributed by atoms with Crippen LogP contribution in [0.4, 0.5) is 0 Å². The maximum Gasteiger partial charge on any atom is 0.254 e. The lowest BCUT2D eigenvalue weighted by molar-refractivity contribution is -0.133. The second-order valence-corrected chi connectivity index (χ2v) is 8.92. The standard InChI is InChI=1S/C26H32N4O3/c1-27(26(33)23-11-9-22(10-12-23)19-30-13-5-8-24(30)31)20-25(32)29-16-14-28(15-17-29)18-21-6-3-2-4-7-21/h2-4,6-7,9-12H,5,8,13-20H2,1H3. The number of rotatable bonds is 7. The number of likely N-dealkylation sites (tertiary alicyclic amines) is 1. The quantitative estimate of drug-likeness (QED) is 0.652. The number of piperazine rings is 1. The molecule has 0 saturated carbocycles. The molecule has 0 atom stereocenters. The van der Waals surface area contributed by atoms with Crippen LogP contribution in [0, 0.1) is 0 Å². The molecule has 0 spiro atoms. The van der Waals surface area contributed by atoms with Crippen LogP contribution in [0.3, 0.4) is 0 Å². The fourth-order valence-electron chi connectivity index (χ4n) is 4.44. The van der Waals surface area contributed by atoms with Crippen molar-refractivity contribution in [1.29, 1.82) is 0 Å². The lowest BCUT2D eigenvalue weighted by Gasteiger charge is -2.35. The molecule has 7 nitrogen and oxygen atoms in total. The van der Waals surface area contributed by atoms with Crippen LogP contribution in [0.15, 0.2) is 54.6 Å². The van der Waals surface area contributed by atoms with Crippen molar-refractivity contribution in [1.82, 2.24) is 19.6 Å². The van der Waals surface area contributed by atoms with E-state index in [1.807, 2.05) is 40.1 Å². The maximum absolute atomic E-state index is 12.8. The third kappa shape index (κ3) is 5.99. The van der Waals surface area contributed by atoms with Gasteiger partial charge in [-0.2, -0.15) is 0 Å². The zero-order valence-corrected chi connectivity index (χ0v) is 19.3. The van der Waals surface area contributed by atoms with Crippen LogP contribution >= 0.6 is 0 Å². The molecule has 0 N–H and O–H groups in total. The number of hydrogen-bond donors (Lipinski definition) is 0. The fourth-order valence-corrected chi connectivity index (χ4v) is 4.44. The molecule has 2 saturated heterocycles. The molecule has 7 heteroatoms. The van der Waals surface area contributed by atoms with Gasteiger partial charge in [0, 0.05) is 64.8 Å². The van der Waals surface area contributed by atoms with Crippen molar-refractivity contribution in [2.75, 3.05) is 46.3 Å². The molecular weight excluding hydrogens is 416 g/mol. The summed E-state index contributed by atoms with van der Waals surface area (Å²) in [4.78, 5) is 44.9. The minimum absolute atomic E-state index is 0.0191. The Kier molecular flexibility index (Phi) is 7.40. The highest BCUT2D eigenvalue weighted by Gasteiger charge is 2.24. The monoisotopic (exact) mass is 448 g/mol. The summed E-state index contributed by atoms with van der Waals surface area (Å²) in [5.74, 6) is -0.00135. The Hall–Kier alpha value is -3.19. The van der Waals surface area contributed by atoms with Gasteiger partial charge in [-0.25, -0.2) is 0 Å². The summed E-state index contributed by atoms with van der Waals surface area (Å²) >= 11 is 0. The highest BCUT2D eigenvalue weighted by atomic mass is 16.2. The minimum Gasteiger partial charge on any atom is -0.339 e. The summed E-state index contributed by atoms with van der Waals surface area (Å²) in [6.45, 7) is 5.36. The molecule has 4 rings (SSSR count). The van der Waals surface area contributed by atoms with Gasteiger partial charge in [-0.1, -0.05) is 42.5 Å². The van der Waals surface area contributed by atoms with Gasteiger partial charge in [-0.15, -0.1) is 0 Å². The van der Waals surface area contributed by atoms with Crippen LogP contribution in [0.2, 0.25) is 0 Å². The van der Waals surface area contributed by atoms with Crippen molar-refractivity contribution in [2.24, 2.45) is 0 Å². The predicted molar refractivity (Wildman–Crippen MR) is 126 cm³/mol. The van der Waals surface area contributed by atoms with Crippen LogP contribution in [-0.4, -0.2) is 83.6 Å². The fraction of sp³-hybridized carbons (Fsp3) is 0.423. The molecule has 2 aromatic carbocycles. The van der Waals surface area contributed by atoms with E-state index >= 15 is 0 Å². The summed E-state index contributed by atoms with van der Waals surface area (Å²) in [6.07, 6.45) is 1.54. The van der Waals surface area contributed by atoms with Crippen LogP contribution in [0.1, 0.15) is 34.3 Å². The predicted octanol–water partition coefficient (Wildman–Crippen LogP) is 2.23. The first-order chi connectivity index (χ1) is 16.0. The number of nitrogens with zero attached hydrogens (tertiary/aromatic N) is 4. The van der Waals surface area contributed by atoms with Crippen molar-refractivity contribution >= 4 is 17.7 Å². The van der Waals surface area contributed by atoms with E-state index in [0.717, 1.165) is 38.2 Å². The Bertz CT molecular complexity index is 969. The van der Waals surface area contributed by atoms with Crippen molar-refractivity contribution in [3.05, 3.63) is 71.3 Å². The zero-order chi connectivity index (χ0) is 23.2. The second-order valence-electron chi connectivity index (χ2n) is 8.92. The number of amides is 3. The number of likely N-dealkylation sites (N-methyl/N-ethyl adjacent to an activating group) is 1. The third-order valence-electron chi connectivity index (χ3n) is 6.44. The molecule has 2 heterocycles. The second kappa shape index (κ2) is 10.6. The highest BCUT2D eigenvalue weighted by molar-refractivity contribution is 5.96. The molecule has 0 unspecified atom stereocenters. The average Bonchev–Trinajstić information content (AvgIpc) is 3.24. The highest BCUT2D eigenvalue weighted by Crippen LogP contribution is 2.15. The van der Waals surface area contributed by atoms with E-state index in [1.54, 1.807) is 19.2 Å². The van der Waals surface area contributed by atoms with Gasteiger partial charge in [0.25, 0.3) is 5.91 Å². The Morgan fingerprint density at radius 2 is 1.52 bits per heavy atom. The minimum atomic E-state index is -0.171. The molecule has 3 amide bonds. The first kappa shape index (κ1) is 23.0. The molecule has 0 radical (unpaired) electrons. The van der Waals surface area contributed by atoms with Gasteiger partial charge < -0.3 is 14.7 Å². The molecular formula is C26H32N4O3. The third-order valence-corrected chi connectivity index (χ3v) is 6.44. The van der Waals surface area contributed by atoms with Gasteiger partial charge in [0.05, 0.1) is 6.54 Å². The molecule has 0 bridgehead atoms. The smallest absolute Gasteiger partial charge is 0.254 e. The Labute approximate surface area is 195 Å². The van der Waals surface area contributed by atoms with Crippen molar-refractivity contribution in [2.45, 2.75) is 25.9 Å². The van der Waals surface area contributed by atoms with E-state index in [-0.39, 0.29) is 24.3 Å². The lowest BCUT2D eigenvalue weighted by atomic mass is 10.1. The topological polar surface area (TPSA) is 64.2 Å². The van der Waals surface area contributed by atoms with E-state index < -0.39 is 0 Å². The summed E-state index contributed by atoms with van der Waals surface area (Å²) in [5.41, 5.74) is 2.84. The van der Waals surface area contributed by atoms with Gasteiger partial charge >= 0.3 is 0 Å². The lowest BCUT2D eigenvalue weighted by Crippen LogP contribution is -2.51. The molecule has 174 valence electrons. The van der Waals surface area contributed by atoms with Crippen LogP contribution < -0.4 is 0 Å². The normalized spacial score (nSPS) is 16.8. The first-order valence-corrected chi connectivity index (χ1v) is 11.7. The van der Waals surface area contributed by atoms with Crippen LogP contribution in [0.5, 0.6) is 0 Å². The summed E-state index contributed by atoms with van der Waals surface area (Å²) < 4.78 is 0. The van der Waals surface area contributed by atoms with E-state index in [1.165, 1.54) is 10.5 Å². The van der Waals surface area contributed by atoms with Gasteiger partial charge in [-0.05, 0) is 29.7 Å². The summed E-state index contributed by atoms with van der Waals surface area (Å²) in [5, 5.41) is 0. The van der Waals surface area contributed by atoms with Crippen molar-refractivity contribution in [3.63, 3.8) is 0 Å². The average molecular weight is 449 g/mol. The molecule has 0 aliphatic carbocycles. The number of hydrogen-bond acceptors (Lipinski definition) is 4.